The smallest absolute Gasteiger partial charge is 0.300 e. The number of aliphatic hydroxyl groups excluding tert-OH is 1. The van der Waals surface area contributed by atoms with Gasteiger partial charge in [0.15, 0.2) is 0 Å². The number of aliphatic hydroxyl groups is 1. The van der Waals surface area contributed by atoms with Crippen LogP contribution in [-0.2, 0) is 9.59 Å². The number of hydrogen-bond acceptors (Lipinski definition) is 5. The number of nitrogens with one attached hydrogen (secondary N) is 1. The van der Waals surface area contributed by atoms with Crippen molar-refractivity contribution in [3.05, 3.63) is 112 Å². The Labute approximate surface area is 187 Å². The number of nitro groups is 1. The van der Waals surface area contributed by atoms with Crippen molar-refractivity contribution in [2.24, 2.45) is 0 Å². The van der Waals surface area contributed by atoms with Crippen LogP contribution in [0.25, 0.3) is 16.7 Å². The van der Waals surface area contributed by atoms with Gasteiger partial charge in [0.1, 0.15) is 5.76 Å². The average molecular weight is 439 g/mol. The molecule has 162 valence electrons. The van der Waals surface area contributed by atoms with Gasteiger partial charge in [-0.05, 0) is 30.3 Å². The topological polar surface area (TPSA) is 117 Å². The van der Waals surface area contributed by atoms with Gasteiger partial charge in [-0.2, -0.15) is 0 Å². The van der Waals surface area contributed by atoms with Crippen LogP contribution in [0.15, 0.2) is 90.6 Å². The Morgan fingerprint density at radius 1 is 0.939 bits per heavy atom. The molecule has 1 unspecified atom stereocenters. The van der Waals surface area contributed by atoms with Gasteiger partial charge < -0.3 is 10.1 Å². The van der Waals surface area contributed by atoms with Crippen LogP contribution in [0.4, 0.5) is 11.4 Å². The van der Waals surface area contributed by atoms with E-state index in [1.165, 1.54) is 29.2 Å². The summed E-state index contributed by atoms with van der Waals surface area (Å²) in [5, 5.41) is 22.9. The van der Waals surface area contributed by atoms with Crippen LogP contribution in [-0.4, -0.2) is 26.7 Å². The van der Waals surface area contributed by atoms with Crippen molar-refractivity contribution in [1.82, 2.24) is 4.98 Å². The first kappa shape index (κ1) is 20.2. The van der Waals surface area contributed by atoms with Crippen molar-refractivity contribution in [3.8, 4) is 0 Å². The molecular weight excluding hydrogens is 422 g/mol. The Kier molecular flexibility index (Phi) is 4.75. The first-order valence-electron chi connectivity index (χ1n) is 10.1. The molecule has 4 aromatic rings. The lowest BCUT2D eigenvalue weighted by Gasteiger charge is -2.25. The number of nitro benzene ring substituents is 1. The van der Waals surface area contributed by atoms with E-state index in [1.807, 2.05) is 24.3 Å². The average Bonchev–Trinajstić information content (AvgIpc) is 3.38. The lowest BCUT2D eigenvalue weighted by molar-refractivity contribution is -0.384. The molecular formula is C25H17N3O5. The Morgan fingerprint density at radius 2 is 1.61 bits per heavy atom. The number of benzene rings is 3. The van der Waals surface area contributed by atoms with E-state index in [0.717, 1.165) is 10.9 Å². The van der Waals surface area contributed by atoms with E-state index in [2.05, 4.69) is 4.98 Å². The number of aromatic nitrogens is 1. The summed E-state index contributed by atoms with van der Waals surface area (Å²) in [6.07, 6.45) is 1.72. The van der Waals surface area contributed by atoms with Crippen molar-refractivity contribution in [3.63, 3.8) is 0 Å². The predicted molar refractivity (Wildman–Crippen MR) is 123 cm³/mol. The molecule has 5 rings (SSSR count). The quantitative estimate of drug-likeness (QED) is 0.157. The van der Waals surface area contributed by atoms with Crippen LogP contribution in [0.1, 0.15) is 17.2 Å². The van der Waals surface area contributed by atoms with Crippen molar-refractivity contribution in [2.75, 3.05) is 4.90 Å². The number of fused-ring (bicyclic) bond motifs is 1. The minimum absolute atomic E-state index is 0.0811. The molecule has 0 bridgehead atoms. The summed E-state index contributed by atoms with van der Waals surface area (Å²) in [7, 11) is 0. The molecule has 2 heterocycles. The number of nitrogens with zero attached hydrogens (tertiary/aromatic N) is 2. The van der Waals surface area contributed by atoms with Crippen LogP contribution in [0.3, 0.4) is 0 Å². The number of carbonyl (C=O) groups is 2. The van der Waals surface area contributed by atoms with Crippen molar-refractivity contribution in [1.29, 1.82) is 0 Å². The normalized spacial score (nSPS) is 17.6. The fraction of sp³-hybridized carbons (Fsp3) is 0.0400. The zero-order valence-electron chi connectivity index (χ0n) is 17.1. The maximum atomic E-state index is 13.2. The largest absolute Gasteiger partial charge is 0.507 e. The summed E-state index contributed by atoms with van der Waals surface area (Å²) in [6.45, 7) is 0. The highest BCUT2D eigenvalue weighted by atomic mass is 16.6. The SMILES string of the molecule is O=C1C(=O)N(c2ccccc2)C(c2c[nH]c3ccccc23)/C1=C(\O)c1ccc([N+](=O)[O-])cc1. The Bertz CT molecular complexity index is 1440. The number of amides is 1. The van der Waals surface area contributed by atoms with E-state index >= 15 is 0 Å². The zero-order chi connectivity index (χ0) is 23.1. The molecule has 8 heteroatoms. The molecule has 0 saturated carbocycles. The number of H-pyrrole nitrogens is 1. The Morgan fingerprint density at radius 3 is 2.30 bits per heavy atom. The van der Waals surface area contributed by atoms with E-state index in [-0.39, 0.29) is 16.8 Å². The Hall–Kier alpha value is -4.72. The third-order valence-corrected chi connectivity index (χ3v) is 5.75. The van der Waals surface area contributed by atoms with E-state index in [4.69, 9.17) is 0 Å². The van der Waals surface area contributed by atoms with Gasteiger partial charge in [-0.15, -0.1) is 0 Å². The third kappa shape index (κ3) is 3.25. The summed E-state index contributed by atoms with van der Waals surface area (Å²) in [5.41, 5.74) is 1.96. The number of para-hydroxylation sites is 2. The predicted octanol–water partition coefficient (Wildman–Crippen LogP) is 4.70. The molecule has 33 heavy (non-hydrogen) atoms. The molecule has 1 amide bonds. The van der Waals surface area contributed by atoms with E-state index in [9.17, 15) is 24.8 Å². The number of hydrogen-bond donors (Lipinski definition) is 2. The molecule has 8 nitrogen and oxygen atoms in total. The molecule has 1 atom stereocenters. The molecule has 1 fully saturated rings. The monoisotopic (exact) mass is 439 g/mol. The van der Waals surface area contributed by atoms with Gasteiger partial charge in [0.05, 0.1) is 16.5 Å². The fourth-order valence-corrected chi connectivity index (χ4v) is 4.20. The number of aromatic amines is 1. The van der Waals surface area contributed by atoms with Crippen LogP contribution >= 0.6 is 0 Å². The van der Waals surface area contributed by atoms with Gasteiger partial charge in [-0.25, -0.2) is 0 Å². The molecule has 1 aliphatic heterocycles. The fourth-order valence-electron chi connectivity index (χ4n) is 4.20. The first-order chi connectivity index (χ1) is 16.0. The minimum atomic E-state index is -0.890. The summed E-state index contributed by atoms with van der Waals surface area (Å²) < 4.78 is 0. The van der Waals surface area contributed by atoms with Gasteiger partial charge in [0, 0.05) is 46.0 Å². The lowest BCUT2D eigenvalue weighted by Crippen LogP contribution is -2.29. The highest BCUT2D eigenvalue weighted by Gasteiger charge is 2.47. The summed E-state index contributed by atoms with van der Waals surface area (Å²) in [5.74, 6) is -1.98. The van der Waals surface area contributed by atoms with Gasteiger partial charge >= 0.3 is 0 Å². The number of ketones is 1. The highest BCUT2D eigenvalue weighted by molar-refractivity contribution is 6.51. The van der Waals surface area contributed by atoms with Crippen molar-refractivity contribution < 1.29 is 19.6 Å². The van der Waals surface area contributed by atoms with Crippen LogP contribution in [0.5, 0.6) is 0 Å². The molecule has 2 N–H and O–H groups in total. The second-order valence-electron chi connectivity index (χ2n) is 7.60. The third-order valence-electron chi connectivity index (χ3n) is 5.75. The number of anilines is 1. The summed E-state index contributed by atoms with van der Waals surface area (Å²) in [4.78, 5) is 41.3. The molecule has 1 aromatic heterocycles. The van der Waals surface area contributed by atoms with Crippen molar-refractivity contribution in [2.45, 2.75) is 6.04 Å². The Balaban J connectivity index is 1.75. The number of Topliss-reactive ketones (excluding diaryl/α,β-unsaturated/α-hetero) is 1. The maximum absolute atomic E-state index is 13.2. The van der Waals surface area contributed by atoms with E-state index in [1.54, 1.807) is 36.5 Å². The number of carbonyl (C=O) groups excluding carboxylic acids is 2. The molecule has 0 radical (unpaired) electrons. The number of non-ortho nitro benzene ring substituents is 1. The van der Waals surface area contributed by atoms with Crippen LogP contribution in [0.2, 0.25) is 0 Å². The molecule has 3 aromatic carbocycles. The molecule has 1 saturated heterocycles. The van der Waals surface area contributed by atoms with E-state index < -0.39 is 28.4 Å². The number of rotatable bonds is 4. The lowest BCUT2D eigenvalue weighted by atomic mass is 9.94. The molecule has 0 aliphatic carbocycles. The van der Waals surface area contributed by atoms with Crippen molar-refractivity contribution >= 4 is 39.7 Å². The van der Waals surface area contributed by atoms with Gasteiger partial charge in [0.25, 0.3) is 17.4 Å². The summed E-state index contributed by atoms with van der Waals surface area (Å²) >= 11 is 0. The maximum Gasteiger partial charge on any atom is 0.300 e. The highest BCUT2D eigenvalue weighted by Crippen LogP contribution is 2.44. The van der Waals surface area contributed by atoms with E-state index in [0.29, 0.717) is 11.3 Å². The zero-order valence-corrected chi connectivity index (χ0v) is 17.1. The standard InChI is InChI=1S/C25H17N3O5/c29-23(15-10-12-17(13-11-15)28(32)33)21-22(19-14-26-20-9-5-4-8-18(19)20)27(25(31)24(21)30)16-6-2-1-3-7-16/h1-14,22,26,29H/b23-21+. The van der Waals surface area contributed by atoms with Crippen LogP contribution < -0.4 is 4.90 Å². The molecule has 0 spiro atoms. The first-order valence-corrected chi connectivity index (χ1v) is 10.1. The molecule has 1 aliphatic rings. The summed E-state index contributed by atoms with van der Waals surface area (Å²) in [6, 6.07) is 20.5. The van der Waals surface area contributed by atoms with Gasteiger partial charge in [-0.1, -0.05) is 36.4 Å². The second-order valence-corrected chi connectivity index (χ2v) is 7.60. The second kappa shape index (κ2) is 7.76. The van der Waals surface area contributed by atoms with Gasteiger partial charge in [0.2, 0.25) is 0 Å². The van der Waals surface area contributed by atoms with Gasteiger partial charge in [-0.3, -0.25) is 24.6 Å². The van der Waals surface area contributed by atoms with Crippen LogP contribution in [0, 0.1) is 10.1 Å². The minimum Gasteiger partial charge on any atom is -0.507 e.